The normalized spacial score (nSPS) is 16.4. The number of hydrogen-bond donors (Lipinski definition) is 2. The van der Waals surface area contributed by atoms with Crippen LogP contribution in [0.4, 0.5) is 74.6 Å². The van der Waals surface area contributed by atoms with E-state index in [4.69, 9.17) is 0 Å². The maximum absolute atomic E-state index is 13.4. The van der Waals surface area contributed by atoms with Gasteiger partial charge in [-0.15, -0.1) is 0 Å². The number of nitrogens with two attached hydrogens (primary N) is 1. The fourth-order valence-corrected chi connectivity index (χ4v) is 2.64. The topological polar surface area (TPSA) is 72.2 Å². The van der Waals surface area contributed by atoms with Gasteiger partial charge in [-0.25, -0.2) is 13.1 Å². The molecule has 194 valence electrons. The van der Waals surface area contributed by atoms with Gasteiger partial charge in [0, 0.05) is 13.1 Å². The van der Waals surface area contributed by atoms with E-state index in [9.17, 15) is 83.1 Å². The van der Waals surface area contributed by atoms with Crippen molar-refractivity contribution in [3.8, 4) is 0 Å². The zero-order chi connectivity index (χ0) is 26.6. The molecule has 0 saturated heterocycles. The maximum atomic E-state index is 13.4. The molecule has 3 N–H and O–H groups in total. The van der Waals surface area contributed by atoms with E-state index in [-0.39, 0.29) is 0 Å². The van der Waals surface area contributed by atoms with E-state index in [1.165, 1.54) is 0 Å². The molecule has 0 atom stereocenters. The average Bonchev–Trinajstić information content (AvgIpc) is 2.57. The van der Waals surface area contributed by atoms with Gasteiger partial charge in [0.1, 0.15) is 0 Å². The molecular weight excluding hydrogens is 535 g/mol. The second kappa shape index (κ2) is 7.87. The Kier molecular flexibility index (Phi) is 7.55. The van der Waals surface area contributed by atoms with E-state index in [1.54, 1.807) is 0 Å². The Bertz CT molecular complexity index is 788. The van der Waals surface area contributed by atoms with E-state index < -0.39 is 70.1 Å². The predicted octanol–water partition coefficient (Wildman–Crippen LogP) is 3.83. The van der Waals surface area contributed by atoms with Gasteiger partial charge >= 0.3 is 47.0 Å². The highest BCUT2D eigenvalue weighted by molar-refractivity contribution is 7.90. The molecule has 4 nitrogen and oxygen atoms in total. The lowest BCUT2D eigenvalue weighted by Gasteiger charge is -2.42. The number of hydrogen-bond acceptors (Lipinski definition) is 3. The molecule has 0 radical (unpaired) electrons. The van der Waals surface area contributed by atoms with Crippen LogP contribution in [0.5, 0.6) is 0 Å². The minimum Gasteiger partial charge on any atom is -0.329 e. The van der Waals surface area contributed by atoms with E-state index in [2.05, 4.69) is 5.73 Å². The molecule has 0 aromatic heterocycles. The Morgan fingerprint density at radius 2 is 0.812 bits per heavy atom. The molecule has 0 aliphatic rings. The largest absolute Gasteiger partial charge is 0.460 e. The van der Waals surface area contributed by atoms with Crippen LogP contribution < -0.4 is 10.5 Å². The van der Waals surface area contributed by atoms with Gasteiger partial charge in [0.2, 0.25) is 0 Å². The van der Waals surface area contributed by atoms with Crippen LogP contribution in [0.15, 0.2) is 0 Å². The van der Waals surface area contributed by atoms with Crippen molar-refractivity contribution in [2.24, 2.45) is 5.73 Å². The van der Waals surface area contributed by atoms with Crippen LogP contribution in [-0.2, 0) is 10.0 Å². The Morgan fingerprint density at radius 1 is 0.531 bits per heavy atom. The van der Waals surface area contributed by atoms with Crippen LogP contribution >= 0.6 is 0 Å². The summed E-state index contributed by atoms with van der Waals surface area (Å²) in [6.07, 6.45) is -7.87. The van der Waals surface area contributed by atoms with Crippen LogP contribution in [0.2, 0.25) is 0 Å². The fraction of sp³-hybridized carbons (Fsp3) is 1.00. The van der Waals surface area contributed by atoms with Gasteiger partial charge in [0.25, 0.3) is 10.0 Å². The lowest BCUT2D eigenvalue weighted by Crippen LogP contribution is -2.75. The number of alkyl halides is 17. The van der Waals surface area contributed by atoms with Crippen LogP contribution in [0.25, 0.3) is 0 Å². The van der Waals surface area contributed by atoms with E-state index in [1.807, 2.05) is 0 Å². The number of sulfonamides is 1. The number of rotatable bonds is 10. The summed E-state index contributed by atoms with van der Waals surface area (Å²) in [5.74, 6) is -51.6. The monoisotopic (exact) mass is 542 g/mol. The third-order valence-electron chi connectivity index (χ3n) is 3.47. The lowest BCUT2D eigenvalue weighted by molar-refractivity contribution is -0.458. The molecule has 0 aromatic rings. The second-order valence-electron chi connectivity index (χ2n) is 5.65. The third kappa shape index (κ3) is 3.84. The fourth-order valence-electron chi connectivity index (χ4n) is 1.60. The average molecular weight is 542 g/mol. The second-order valence-corrected chi connectivity index (χ2v) is 7.46. The van der Waals surface area contributed by atoms with Gasteiger partial charge in [-0.3, -0.25) is 0 Å². The van der Waals surface area contributed by atoms with Crippen molar-refractivity contribution in [3.63, 3.8) is 0 Å². The summed E-state index contributed by atoms with van der Waals surface area (Å²) < 4.78 is 243. The quantitative estimate of drug-likeness (QED) is 0.413. The third-order valence-corrected chi connectivity index (χ3v) is 4.98. The first-order chi connectivity index (χ1) is 13.6. The Balaban J connectivity index is 6.85. The molecule has 0 spiro atoms. The van der Waals surface area contributed by atoms with Gasteiger partial charge in [0.05, 0.1) is 0 Å². The summed E-state index contributed by atoms with van der Waals surface area (Å²) in [6.45, 7) is -2.52. The van der Waals surface area contributed by atoms with E-state index >= 15 is 0 Å². The Morgan fingerprint density at radius 3 is 1.09 bits per heavy atom. The van der Waals surface area contributed by atoms with Gasteiger partial charge in [-0.05, 0) is 0 Å². The summed E-state index contributed by atoms with van der Waals surface area (Å²) >= 11 is 0. The Labute approximate surface area is 164 Å². The van der Waals surface area contributed by atoms with E-state index in [0.29, 0.717) is 4.72 Å². The standard InChI is InChI=1S/C10H7F17N2O2S/c11-3(12,5(15,16)7(19,20)9(23,24)25)4(13,14)6(17,18)8(21,22)10(26,27)32(30,31)29-2-1-28/h29H,1-2,28H2. The summed E-state index contributed by atoms with van der Waals surface area (Å²) in [6, 6.07) is 0. The van der Waals surface area contributed by atoms with Crippen molar-refractivity contribution >= 4 is 10.0 Å². The minimum atomic E-state index is -8.84. The highest BCUT2D eigenvalue weighted by Crippen LogP contribution is 2.64. The van der Waals surface area contributed by atoms with Crippen molar-refractivity contribution in [3.05, 3.63) is 0 Å². The van der Waals surface area contributed by atoms with Gasteiger partial charge in [-0.2, -0.15) is 74.6 Å². The Hall–Kier alpha value is -1.32. The van der Waals surface area contributed by atoms with Crippen LogP contribution in [0, 0.1) is 0 Å². The SMILES string of the molecule is NCCNS(=O)(=O)C(F)(F)C(F)(F)C(F)(F)C(F)(F)C(F)(F)C(F)(F)C(F)(F)C(F)(F)F. The van der Waals surface area contributed by atoms with Crippen LogP contribution in [0.1, 0.15) is 0 Å². The summed E-state index contributed by atoms with van der Waals surface area (Å²) in [7, 11) is -7.24. The molecule has 0 aliphatic carbocycles. The minimum absolute atomic E-state index is 0.326. The molecule has 0 rings (SSSR count). The highest BCUT2D eigenvalue weighted by Gasteiger charge is 2.96. The van der Waals surface area contributed by atoms with Crippen molar-refractivity contribution in [1.82, 2.24) is 4.72 Å². The first-order valence-corrected chi connectivity index (χ1v) is 8.45. The highest BCUT2D eigenvalue weighted by atomic mass is 32.2. The molecule has 22 heteroatoms. The van der Waals surface area contributed by atoms with Crippen molar-refractivity contribution in [1.29, 1.82) is 0 Å². The molecule has 0 unspecified atom stereocenters. The first-order valence-electron chi connectivity index (χ1n) is 6.97. The molecule has 0 aromatic carbocycles. The van der Waals surface area contributed by atoms with Gasteiger partial charge in [-0.1, -0.05) is 0 Å². The molecule has 0 fully saturated rings. The first kappa shape index (κ1) is 30.7. The smallest absolute Gasteiger partial charge is 0.329 e. The molecule has 0 bridgehead atoms. The molecular formula is C10H7F17N2O2S. The van der Waals surface area contributed by atoms with Crippen molar-refractivity contribution in [2.75, 3.05) is 13.1 Å². The van der Waals surface area contributed by atoms with Crippen molar-refractivity contribution < 1.29 is 83.1 Å². The molecule has 0 aliphatic heterocycles. The van der Waals surface area contributed by atoms with E-state index in [0.717, 1.165) is 0 Å². The molecule has 0 saturated carbocycles. The number of nitrogens with one attached hydrogen (secondary N) is 1. The number of halogens is 17. The van der Waals surface area contributed by atoms with Crippen molar-refractivity contribution in [2.45, 2.75) is 47.0 Å². The lowest BCUT2D eigenvalue weighted by atomic mass is 9.91. The van der Waals surface area contributed by atoms with Gasteiger partial charge < -0.3 is 5.73 Å². The molecule has 0 amide bonds. The predicted molar refractivity (Wildman–Crippen MR) is 66.7 cm³/mol. The zero-order valence-corrected chi connectivity index (χ0v) is 15.0. The molecule has 32 heavy (non-hydrogen) atoms. The molecule has 0 heterocycles. The summed E-state index contributed by atoms with van der Waals surface area (Å²) in [4.78, 5) is 0. The van der Waals surface area contributed by atoms with Gasteiger partial charge in [0.15, 0.2) is 0 Å². The maximum Gasteiger partial charge on any atom is 0.460 e. The van der Waals surface area contributed by atoms with Crippen LogP contribution in [-0.4, -0.2) is 68.5 Å². The summed E-state index contributed by atoms with van der Waals surface area (Å²) in [5.41, 5.74) is 4.55. The van der Waals surface area contributed by atoms with Crippen LogP contribution in [0.3, 0.4) is 0 Å². The summed E-state index contributed by atoms with van der Waals surface area (Å²) in [5, 5.41) is -7.56. The zero-order valence-electron chi connectivity index (χ0n) is 14.1.